The highest BCUT2D eigenvalue weighted by molar-refractivity contribution is 6.35. The third-order valence-corrected chi connectivity index (χ3v) is 3.10. The van der Waals surface area contributed by atoms with Gasteiger partial charge >= 0.3 is 0 Å². The van der Waals surface area contributed by atoms with Crippen molar-refractivity contribution in [1.82, 2.24) is 15.4 Å². The van der Waals surface area contributed by atoms with E-state index in [2.05, 4.69) is 15.4 Å². The van der Waals surface area contributed by atoms with E-state index in [9.17, 15) is 0 Å². The van der Waals surface area contributed by atoms with Crippen LogP contribution in [-0.2, 0) is 0 Å². The lowest BCUT2D eigenvalue weighted by atomic mass is 10.1. The zero-order valence-corrected chi connectivity index (χ0v) is 11.7. The van der Waals surface area contributed by atoms with Gasteiger partial charge < -0.3 is 4.74 Å². The van der Waals surface area contributed by atoms with E-state index in [1.165, 1.54) is 6.20 Å². The van der Waals surface area contributed by atoms with Gasteiger partial charge in [0.1, 0.15) is 11.9 Å². The zero-order valence-electron chi connectivity index (χ0n) is 10.2. The first-order valence-corrected chi connectivity index (χ1v) is 6.56. The summed E-state index contributed by atoms with van der Waals surface area (Å²) in [6.45, 7) is 0. The standard InChI is InChI=1S/C14H9Cl2N3O/c15-11-5-10(6-12(16)7-11)9-1-3-13(4-2-9)20-14-8-17-19-18-14/h1-8H,(H,17,18,19). The molecule has 0 spiro atoms. The molecule has 0 fully saturated rings. The van der Waals surface area contributed by atoms with Crippen molar-refractivity contribution < 1.29 is 4.74 Å². The lowest BCUT2D eigenvalue weighted by Gasteiger charge is -2.05. The molecule has 3 aromatic rings. The molecule has 0 amide bonds. The first-order chi connectivity index (χ1) is 9.70. The third-order valence-electron chi connectivity index (χ3n) is 2.67. The predicted octanol–water partition coefficient (Wildman–Crippen LogP) is 4.57. The van der Waals surface area contributed by atoms with Crippen LogP contribution in [0.1, 0.15) is 0 Å². The highest BCUT2D eigenvalue weighted by atomic mass is 35.5. The van der Waals surface area contributed by atoms with E-state index in [0.717, 1.165) is 11.1 Å². The maximum Gasteiger partial charge on any atom is 0.258 e. The quantitative estimate of drug-likeness (QED) is 0.771. The van der Waals surface area contributed by atoms with Crippen LogP contribution in [0.3, 0.4) is 0 Å². The van der Waals surface area contributed by atoms with Gasteiger partial charge in [-0.05, 0) is 41.5 Å². The van der Waals surface area contributed by atoms with Gasteiger partial charge in [0, 0.05) is 10.0 Å². The monoisotopic (exact) mass is 305 g/mol. The van der Waals surface area contributed by atoms with E-state index in [1.807, 2.05) is 36.4 Å². The summed E-state index contributed by atoms with van der Waals surface area (Å²) in [5.41, 5.74) is 1.96. The zero-order chi connectivity index (χ0) is 13.9. The maximum absolute atomic E-state index is 6.00. The van der Waals surface area contributed by atoms with Crippen molar-refractivity contribution in [3.63, 3.8) is 0 Å². The summed E-state index contributed by atoms with van der Waals surface area (Å²) in [5, 5.41) is 11.2. The number of nitrogens with one attached hydrogen (secondary N) is 1. The van der Waals surface area contributed by atoms with Gasteiger partial charge in [0.05, 0.1) is 0 Å². The van der Waals surface area contributed by atoms with Crippen LogP contribution in [0.15, 0.2) is 48.7 Å². The maximum atomic E-state index is 6.00. The number of aromatic nitrogens is 3. The van der Waals surface area contributed by atoms with Crippen molar-refractivity contribution in [2.75, 3.05) is 0 Å². The normalized spacial score (nSPS) is 10.5. The van der Waals surface area contributed by atoms with E-state index in [0.29, 0.717) is 21.7 Å². The van der Waals surface area contributed by atoms with Crippen molar-refractivity contribution in [1.29, 1.82) is 0 Å². The van der Waals surface area contributed by atoms with Crippen LogP contribution < -0.4 is 4.74 Å². The molecular weight excluding hydrogens is 297 g/mol. The van der Waals surface area contributed by atoms with Crippen LogP contribution >= 0.6 is 23.2 Å². The van der Waals surface area contributed by atoms with Gasteiger partial charge in [-0.25, -0.2) is 0 Å². The van der Waals surface area contributed by atoms with Gasteiger partial charge in [-0.3, -0.25) is 0 Å². The Morgan fingerprint density at radius 3 is 2.20 bits per heavy atom. The minimum absolute atomic E-state index is 0.420. The molecule has 100 valence electrons. The summed E-state index contributed by atoms with van der Waals surface area (Å²) >= 11 is 12.0. The molecule has 1 heterocycles. The fourth-order valence-corrected chi connectivity index (χ4v) is 2.32. The molecule has 20 heavy (non-hydrogen) atoms. The summed E-state index contributed by atoms with van der Waals surface area (Å²) in [4.78, 5) is 0. The second-order valence-corrected chi connectivity index (χ2v) is 4.97. The summed E-state index contributed by atoms with van der Waals surface area (Å²) < 4.78 is 5.50. The van der Waals surface area contributed by atoms with Crippen molar-refractivity contribution in [2.45, 2.75) is 0 Å². The molecule has 6 heteroatoms. The molecule has 1 aromatic heterocycles. The highest BCUT2D eigenvalue weighted by Gasteiger charge is 2.03. The van der Waals surface area contributed by atoms with Gasteiger partial charge in [-0.2, -0.15) is 10.3 Å². The number of halogens is 2. The number of H-pyrrole nitrogens is 1. The topological polar surface area (TPSA) is 50.8 Å². The average Bonchev–Trinajstić information content (AvgIpc) is 2.91. The SMILES string of the molecule is Clc1cc(Cl)cc(-c2ccc(Oc3cn[nH]n3)cc2)c1. The van der Waals surface area contributed by atoms with Gasteiger partial charge in [-0.1, -0.05) is 35.3 Å². The van der Waals surface area contributed by atoms with E-state index in [1.54, 1.807) is 6.07 Å². The van der Waals surface area contributed by atoms with Crippen molar-refractivity contribution in [2.24, 2.45) is 0 Å². The lowest BCUT2D eigenvalue weighted by molar-refractivity contribution is 0.461. The summed E-state index contributed by atoms with van der Waals surface area (Å²) in [6.07, 6.45) is 1.50. The molecule has 0 radical (unpaired) electrons. The Balaban J connectivity index is 1.85. The first kappa shape index (κ1) is 13.0. The molecule has 0 aliphatic carbocycles. The number of ether oxygens (including phenoxy) is 1. The van der Waals surface area contributed by atoms with Crippen molar-refractivity contribution >= 4 is 23.2 Å². The van der Waals surface area contributed by atoms with Crippen LogP contribution in [0.2, 0.25) is 10.0 Å². The number of hydrogen-bond acceptors (Lipinski definition) is 3. The number of rotatable bonds is 3. The molecule has 0 aliphatic heterocycles. The Bertz CT molecular complexity index is 692. The number of nitrogens with zero attached hydrogens (tertiary/aromatic N) is 2. The molecule has 0 unspecified atom stereocenters. The molecule has 0 atom stereocenters. The van der Waals surface area contributed by atoms with Crippen LogP contribution in [0.5, 0.6) is 11.6 Å². The van der Waals surface area contributed by atoms with Crippen molar-refractivity contribution in [3.8, 4) is 22.8 Å². The lowest BCUT2D eigenvalue weighted by Crippen LogP contribution is -1.85. The molecule has 0 bridgehead atoms. The van der Waals surface area contributed by atoms with Crippen LogP contribution in [0.25, 0.3) is 11.1 Å². The predicted molar refractivity (Wildman–Crippen MR) is 78.4 cm³/mol. The summed E-state index contributed by atoms with van der Waals surface area (Å²) in [7, 11) is 0. The highest BCUT2D eigenvalue weighted by Crippen LogP contribution is 2.29. The van der Waals surface area contributed by atoms with Gasteiger partial charge in [0.25, 0.3) is 5.88 Å². The Labute approximate surface area is 125 Å². The fraction of sp³-hybridized carbons (Fsp3) is 0. The van der Waals surface area contributed by atoms with Crippen LogP contribution in [0.4, 0.5) is 0 Å². The Hall–Kier alpha value is -2.04. The average molecular weight is 306 g/mol. The fourth-order valence-electron chi connectivity index (χ4n) is 1.80. The minimum atomic E-state index is 0.420. The molecular formula is C14H9Cl2N3O. The second kappa shape index (κ2) is 5.53. The van der Waals surface area contributed by atoms with E-state index in [4.69, 9.17) is 27.9 Å². The second-order valence-electron chi connectivity index (χ2n) is 4.09. The smallest absolute Gasteiger partial charge is 0.258 e. The molecule has 4 nitrogen and oxygen atoms in total. The number of aromatic amines is 1. The van der Waals surface area contributed by atoms with E-state index >= 15 is 0 Å². The molecule has 0 saturated carbocycles. The van der Waals surface area contributed by atoms with Crippen LogP contribution in [0, 0.1) is 0 Å². The summed E-state index contributed by atoms with van der Waals surface area (Å²) in [5.74, 6) is 1.10. The summed E-state index contributed by atoms with van der Waals surface area (Å²) in [6, 6.07) is 13.0. The number of hydrogen-bond donors (Lipinski definition) is 1. The Morgan fingerprint density at radius 1 is 0.900 bits per heavy atom. The minimum Gasteiger partial charge on any atom is -0.436 e. The molecule has 0 aliphatic rings. The van der Waals surface area contributed by atoms with E-state index < -0.39 is 0 Å². The first-order valence-electron chi connectivity index (χ1n) is 5.81. The molecule has 1 N–H and O–H groups in total. The Morgan fingerprint density at radius 2 is 1.60 bits per heavy atom. The van der Waals surface area contributed by atoms with Gasteiger partial charge in [0.2, 0.25) is 0 Å². The molecule has 3 rings (SSSR count). The third kappa shape index (κ3) is 2.92. The van der Waals surface area contributed by atoms with E-state index in [-0.39, 0.29) is 0 Å². The largest absolute Gasteiger partial charge is 0.436 e. The molecule has 0 saturated heterocycles. The van der Waals surface area contributed by atoms with Gasteiger partial charge in [0.15, 0.2) is 0 Å². The molecule has 2 aromatic carbocycles. The van der Waals surface area contributed by atoms with Gasteiger partial charge in [-0.15, -0.1) is 5.10 Å². The number of benzene rings is 2. The van der Waals surface area contributed by atoms with Crippen LogP contribution in [-0.4, -0.2) is 15.4 Å². The van der Waals surface area contributed by atoms with Crippen molar-refractivity contribution in [3.05, 3.63) is 58.7 Å². The Kier molecular flexibility index (Phi) is 3.58.